The zero-order chi connectivity index (χ0) is 34.5. The molecule has 0 spiro atoms. The van der Waals surface area contributed by atoms with Crippen LogP contribution in [0.4, 0.5) is 14.6 Å². The molecule has 9 nitrogen and oxygen atoms in total. The molecule has 0 bridgehead atoms. The van der Waals surface area contributed by atoms with Crippen LogP contribution in [0, 0.1) is 18.6 Å². The Hall–Kier alpha value is -5.23. The lowest BCUT2D eigenvalue weighted by Crippen LogP contribution is -2.24. The van der Waals surface area contributed by atoms with Gasteiger partial charge in [0.1, 0.15) is 11.6 Å². The number of aromatic nitrogens is 4. The first-order valence-electron chi connectivity index (χ1n) is 16.7. The summed E-state index contributed by atoms with van der Waals surface area (Å²) >= 11 is 1.54. The summed E-state index contributed by atoms with van der Waals surface area (Å²) in [6.07, 6.45) is 5.14. The zero-order valence-corrected chi connectivity index (χ0v) is 28.7. The third kappa shape index (κ3) is 5.57. The SMILES string of the molecule is CCCN1Cc2nc(CCc3ccc(F)cc3)c(-c3nnc(C)o3)c(-c3cc4ccnc(NC5CCc6c5ccc(F)c6OC)c4s3)c2C1=O. The predicted octanol–water partition coefficient (Wildman–Crippen LogP) is 8.25. The Bertz CT molecular complexity index is 2270. The largest absolute Gasteiger partial charge is 0.493 e. The number of methoxy groups -OCH3 is 1. The number of hydrogen-bond donors (Lipinski definition) is 1. The summed E-state index contributed by atoms with van der Waals surface area (Å²) in [4.78, 5) is 26.7. The molecule has 1 amide bonds. The number of aryl methyl sites for hydroxylation is 3. The molecule has 0 saturated heterocycles. The number of rotatable bonds is 10. The van der Waals surface area contributed by atoms with Gasteiger partial charge in [0.15, 0.2) is 11.6 Å². The molecule has 1 N–H and O–H groups in total. The number of ether oxygens (including phenoxy) is 1. The summed E-state index contributed by atoms with van der Waals surface area (Å²) in [6, 6.07) is 13.7. The van der Waals surface area contributed by atoms with Gasteiger partial charge in [-0.1, -0.05) is 25.1 Å². The number of nitrogens with zero attached hydrogens (tertiary/aromatic N) is 5. The Labute approximate surface area is 291 Å². The van der Waals surface area contributed by atoms with Gasteiger partial charge in [-0.05, 0) is 78.9 Å². The van der Waals surface area contributed by atoms with E-state index in [1.54, 1.807) is 25.3 Å². The van der Waals surface area contributed by atoms with Crippen LogP contribution in [0.3, 0.4) is 0 Å². The molecule has 8 rings (SSSR count). The zero-order valence-electron chi connectivity index (χ0n) is 27.8. The average Bonchev–Trinajstić information content (AvgIpc) is 3.90. The normalized spacial score (nSPS) is 15.2. The number of hydrogen-bond acceptors (Lipinski definition) is 9. The van der Waals surface area contributed by atoms with Gasteiger partial charge in [-0.25, -0.2) is 13.8 Å². The standard InChI is InChI=1S/C38H34F2N6O3S/c1-4-17-46-19-29-32(38(46)47)33(31(37-45-44-20(2)49-37)28(42-29)13-7-21-5-8-23(39)9-6-21)30-18-22-15-16-41-36(35(22)50-30)43-27-14-11-25-24(27)10-12-26(40)34(25)48-3/h5-6,8-10,12,15-16,18,27H,4,7,11,13-14,17,19H2,1-3H3,(H,41,43). The molecule has 0 fully saturated rings. The van der Waals surface area contributed by atoms with Crippen LogP contribution in [0.15, 0.2) is 59.1 Å². The van der Waals surface area contributed by atoms with E-state index in [0.29, 0.717) is 72.5 Å². The highest BCUT2D eigenvalue weighted by molar-refractivity contribution is 7.23. The van der Waals surface area contributed by atoms with Gasteiger partial charge in [0.2, 0.25) is 11.8 Å². The van der Waals surface area contributed by atoms with Crippen LogP contribution >= 0.6 is 11.3 Å². The number of fused-ring (bicyclic) bond motifs is 3. The monoisotopic (exact) mass is 692 g/mol. The molecule has 6 aromatic rings. The molecular weight excluding hydrogens is 659 g/mol. The highest BCUT2D eigenvalue weighted by Crippen LogP contribution is 2.47. The molecule has 254 valence electrons. The summed E-state index contributed by atoms with van der Waals surface area (Å²) in [7, 11) is 1.50. The van der Waals surface area contributed by atoms with Crippen molar-refractivity contribution in [3.8, 4) is 27.6 Å². The Morgan fingerprint density at radius 2 is 1.90 bits per heavy atom. The molecule has 12 heteroatoms. The van der Waals surface area contributed by atoms with E-state index in [1.165, 1.54) is 36.6 Å². The minimum atomic E-state index is -0.365. The maximum absolute atomic E-state index is 14.5. The van der Waals surface area contributed by atoms with E-state index in [2.05, 4.69) is 21.6 Å². The highest BCUT2D eigenvalue weighted by Gasteiger charge is 2.37. The van der Waals surface area contributed by atoms with Crippen molar-refractivity contribution in [3.05, 3.63) is 106 Å². The van der Waals surface area contributed by atoms with Crippen LogP contribution in [0.25, 0.3) is 32.0 Å². The van der Waals surface area contributed by atoms with Gasteiger partial charge in [-0.3, -0.25) is 9.78 Å². The van der Waals surface area contributed by atoms with Crippen molar-refractivity contribution < 1.29 is 22.7 Å². The Kier molecular flexibility index (Phi) is 8.26. The molecule has 5 heterocycles. The maximum atomic E-state index is 14.5. The van der Waals surface area contributed by atoms with E-state index in [1.807, 2.05) is 24.0 Å². The van der Waals surface area contributed by atoms with Crippen molar-refractivity contribution in [2.24, 2.45) is 0 Å². The summed E-state index contributed by atoms with van der Waals surface area (Å²) in [5.41, 5.74) is 6.17. The number of pyridine rings is 2. The van der Waals surface area contributed by atoms with E-state index in [9.17, 15) is 13.6 Å². The molecule has 1 aliphatic carbocycles. The highest BCUT2D eigenvalue weighted by atomic mass is 32.1. The number of benzene rings is 2. The van der Waals surface area contributed by atoms with Crippen LogP contribution in [0.5, 0.6) is 5.75 Å². The van der Waals surface area contributed by atoms with Gasteiger partial charge in [0, 0.05) is 35.7 Å². The Balaban J connectivity index is 1.27. The summed E-state index contributed by atoms with van der Waals surface area (Å²) in [6.45, 7) is 4.80. The first-order valence-corrected chi connectivity index (χ1v) is 17.5. The quantitative estimate of drug-likeness (QED) is 0.153. The minimum Gasteiger partial charge on any atom is -0.493 e. The minimum absolute atomic E-state index is 0.0764. The Morgan fingerprint density at radius 1 is 1.06 bits per heavy atom. The van der Waals surface area contributed by atoms with Gasteiger partial charge in [0.25, 0.3) is 5.91 Å². The maximum Gasteiger partial charge on any atom is 0.256 e. The number of carbonyl (C=O) groups excluding carboxylic acids is 1. The molecule has 50 heavy (non-hydrogen) atoms. The second kappa shape index (κ2) is 12.9. The van der Waals surface area contributed by atoms with E-state index < -0.39 is 0 Å². The van der Waals surface area contributed by atoms with Crippen LogP contribution in [0.2, 0.25) is 0 Å². The lowest BCUT2D eigenvalue weighted by molar-refractivity contribution is 0.0778. The van der Waals surface area contributed by atoms with Crippen LogP contribution in [0.1, 0.15) is 70.1 Å². The third-order valence-corrected chi connectivity index (χ3v) is 10.7. The van der Waals surface area contributed by atoms with Gasteiger partial charge >= 0.3 is 0 Å². The summed E-state index contributed by atoms with van der Waals surface area (Å²) in [5, 5.41) is 13.2. The lowest BCUT2D eigenvalue weighted by Gasteiger charge is -2.16. The number of halogens is 2. The van der Waals surface area contributed by atoms with E-state index in [0.717, 1.165) is 55.8 Å². The molecule has 1 atom stereocenters. The molecule has 4 aromatic heterocycles. The topological polar surface area (TPSA) is 106 Å². The molecule has 1 unspecified atom stereocenters. The van der Waals surface area contributed by atoms with E-state index >= 15 is 0 Å². The smallest absolute Gasteiger partial charge is 0.256 e. The molecule has 1 aliphatic heterocycles. The van der Waals surface area contributed by atoms with Crippen molar-refractivity contribution >= 4 is 33.1 Å². The number of carbonyl (C=O) groups is 1. The van der Waals surface area contributed by atoms with Crippen LogP contribution < -0.4 is 10.1 Å². The predicted molar refractivity (Wildman–Crippen MR) is 187 cm³/mol. The van der Waals surface area contributed by atoms with Crippen molar-refractivity contribution in [1.29, 1.82) is 0 Å². The first-order chi connectivity index (χ1) is 24.3. The third-order valence-electron chi connectivity index (χ3n) is 9.49. The lowest BCUT2D eigenvalue weighted by atomic mass is 9.94. The summed E-state index contributed by atoms with van der Waals surface area (Å²) < 4.78 is 40.6. The van der Waals surface area contributed by atoms with Crippen molar-refractivity contribution in [3.63, 3.8) is 0 Å². The summed E-state index contributed by atoms with van der Waals surface area (Å²) in [5.74, 6) is 0.958. The van der Waals surface area contributed by atoms with Crippen molar-refractivity contribution in [2.75, 3.05) is 19.0 Å². The fraction of sp³-hybridized carbons (Fsp3) is 0.289. The molecule has 0 radical (unpaired) electrons. The van der Waals surface area contributed by atoms with Gasteiger partial charge < -0.3 is 19.4 Å². The molecule has 0 saturated carbocycles. The van der Waals surface area contributed by atoms with Crippen LogP contribution in [-0.2, 0) is 25.8 Å². The average molecular weight is 693 g/mol. The van der Waals surface area contributed by atoms with Gasteiger partial charge in [0.05, 0.1) is 46.9 Å². The van der Waals surface area contributed by atoms with E-state index in [-0.39, 0.29) is 23.6 Å². The second-order valence-electron chi connectivity index (χ2n) is 12.7. The fourth-order valence-corrected chi connectivity index (χ4v) is 8.40. The number of thiophene rings is 1. The molecular formula is C38H34F2N6O3S. The second-order valence-corrected chi connectivity index (χ2v) is 13.7. The van der Waals surface area contributed by atoms with Crippen LogP contribution in [-0.4, -0.2) is 44.6 Å². The fourth-order valence-electron chi connectivity index (χ4n) is 7.23. The molecule has 2 aromatic carbocycles. The number of amides is 1. The van der Waals surface area contributed by atoms with E-state index in [4.69, 9.17) is 19.1 Å². The first kappa shape index (κ1) is 32.0. The van der Waals surface area contributed by atoms with Gasteiger partial charge in [-0.15, -0.1) is 21.5 Å². The number of anilines is 1. The number of nitrogens with one attached hydrogen (secondary N) is 1. The molecule has 2 aliphatic rings. The van der Waals surface area contributed by atoms with Crippen molar-refractivity contribution in [2.45, 2.75) is 58.5 Å². The van der Waals surface area contributed by atoms with Gasteiger partial charge in [-0.2, -0.15) is 0 Å². The Morgan fingerprint density at radius 3 is 2.66 bits per heavy atom. The van der Waals surface area contributed by atoms with Crippen molar-refractivity contribution in [1.82, 2.24) is 25.1 Å².